The average Bonchev–Trinajstić information content (AvgIpc) is 2.83. The fourth-order valence-corrected chi connectivity index (χ4v) is 3.31. The summed E-state index contributed by atoms with van der Waals surface area (Å²) < 4.78 is 0. The lowest BCUT2D eigenvalue weighted by molar-refractivity contribution is 0.383. The number of hydrogen-bond donors (Lipinski definition) is 1. The highest BCUT2D eigenvalue weighted by Crippen LogP contribution is 2.36. The summed E-state index contributed by atoms with van der Waals surface area (Å²) in [6.45, 7) is 5.32. The second-order valence-corrected chi connectivity index (χ2v) is 6.05. The predicted octanol–water partition coefficient (Wildman–Crippen LogP) is 2.17. The van der Waals surface area contributed by atoms with E-state index in [1.807, 2.05) is 0 Å². The first-order chi connectivity index (χ1) is 9.19. The zero-order valence-electron chi connectivity index (χ0n) is 11.9. The van der Waals surface area contributed by atoms with Gasteiger partial charge in [0.15, 0.2) is 5.96 Å². The van der Waals surface area contributed by atoms with Crippen LogP contribution in [0, 0.1) is 0 Å². The number of rotatable bonds is 2. The molecule has 0 aromatic heterocycles. The molecule has 19 heavy (non-hydrogen) atoms. The molecule has 2 aliphatic rings. The summed E-state index contributed by atoms with van der Waals surface area (Å²) in [5, 5.41) is 3.56. The number of hydrogen-bond acceptors (Lipinski definition) is 3. The molecule has 3 rings (SSSR count). The molecule has 1 heterocycles. The Hall–Kier alpha value is -1.51. The van der Waals surface area contributed by atoms with Gasteiger partial charge in [0.2, 0.25) is 0 Å². The van der Waals surface area contributed by atoms with E-state index in [1.54, 1.807) is 0 Å². The van der Waals surface area contributed by atoms with Gasteiger partial charge in [0.05, 0.1) is 6.54 Å². The van der Waals surface area contributed by atoms with Gasteiger partial charge >= 0.3 is 0 Å². The first-order valence-corrected chi connectivity index (χ1v) is 7.27. The normalized spacial score (nSPS) is 26.0. The van der Waals surface area contributed by atoms with E-state index in [4.69, 9.17) is 0 Å². The largest absolute Gasteiger partial charge is 0.355 e. The van der Waals surface area contributed by atoms with Gasteiger partial charge in [-0.1, -0.05) is 31.2 Å². The number of fused-ring (bicyclic) bond motifs is 1. The van der Waals surface area contributed by atoms with Gasteiger partial charge in [-0.25, -0.2) is 0 Å². The molecule has 1 N–H and O–H groups in total. The maximum absolute atomic E-state index is 4.52. The van der Waals surface area contributed by atoms with Crippen LogP contribution in [0.1, 0.15) is 30.9 Å². The third kappa shape index (κ3) is 2.34. The van der Waals surface area contributed by atoms with E-state index in [0.29, 0.717) is 0 Å². The van der Waals surface area contributed by atoms with Gasteiger partial charge in [0, 0.05) is 25.6 Å². The number of nitrogens with one attached hydrogen (secondary N) is 1. The number of aryl methyl sites for hydroxylation is 1. The standard InChI is InChI=1S/C16H23N3/c1-16(12-18-15-17-10-11-19(15)2)9-5-7-13-6-3-4-8-14(13)16/h3-4,6,8H,5,7,9-12H2,1-2H3,(H,17,18). The smallest absolute Gasteiger partial charge is 0.193 e. The van der Waals surface area contributed by atoms with Gasteiger partial charge in [0.25, 0.3) is 0 Å². The fraction of sp³-hybridized carbons (Fsp3) is 0.562. The summed E-state index contributed by atoms with van der Waals surface area (Å²) in [6, 6.07) is 8.91. The van der Waals surface area contributed by atoms with E-state index in [-0.39, 0.29) is 5.41 Å². The molecule has 102 valence electrons. The Kier molecular flexibility index (Phi) is 3.21. The maximum Gasteiger partial charge on any atom is 0.193 e. The van der Waals surface area contributed by atoms with Crippen molar-refractivity contribution >= 4 is 5.96 Å². The van der Waals surface area contributed by atoms with Crippen molar-refractivity contribution in [1.82, 2.24) is 10.2 Å². The number of aliphatic imine (C=N–C) groups is 1. The van der Waals surface area contributed by atoms with Crippen LogP contribution in [0.3, 0.4) is 0 Å². The van der Waals surface area contributed by atoms with Crippen molar-refractivity contribution < 1.29 is 0 Å². The van der Waals surface area contributed by atoms with Crippen molar-refractivity contribution in [3.63, 3.8) is 0 Å². The fourth-order valence-electron chi connectivity index (χ4n) is 3.31. The molecule has 0 saturated heterocycles. The molecule has 0 fully saturated rings. The lowest BCUT2D eigenvalue weighted by Gasteiger charge is -2.36. The van der Waals surface area contributed by atoms with E-state index in [1.165, 1.54) is 30.4 Å². The molecule has 3 heteroatoms. The summed E-state index contributed by atoms with van der Waals surface area (Å²) >= 11 is 0. The van der Waals surface area contributed by atoms with Gasteiger partial charge in [0.1, 0.15) is 0 Å². The highest BCUT2D eigenvalue weighted by Gasteiger charge is 2.32. The van der Waals surface area contributed by atoms with Gasteiger partial charge < -0.3 is 10.2 Å². The van der Waals surface area contributed by atoms with Gasteiger partial charge in [-0.2, -0.15) is 0 Å². The SMILES string of the molecule is CN1CCN=C1NCC1(C)CCCc2ccccc21. The van der Waals surface area contributed by atoms with Crippen molar-refractivity contribution in [2.75, 3.05) is 26.7 Å². The monoisotopic (exact) mass is 257 g/mol. The minimum atomic E-state index is 0.237. The molecule has 0 saturated carbocycles. The Morgan fingerprint density at radius 2 is 2.21 bits per heavy atom. The molecule has 0 bridgehead atoms. The highest BCUT2D eigenvalue weighted by molar-refractivity contribution is 5.81. The van der Waals surface area contributed by atoms with Crippen LogP contribution in [0.25, 0.3) is 0 Å². The van der Waals surface area contributed by atoms with Gasteiger partial charge in [-0.3, -0.25) is 4.99 Å². The van der Waals surface area contributed by atoms with Crippen molar-refractivity contribution in [1.29, 1.82) is 0 Å². The molecule has 0 spiro atoms. The van der Waals surface area contributed by atoms with Crippen molar-refractivity contribution in [2.24, 2.45) is 4.99 Å². The van der Waals surface area contributed by atoms with Crippen LogP contribution in [0.2, 0.25) is 0 Å². The Morgan fingerprint density at radius 1 is 1.37 bits per heavy atom. The predicted molar refractivity (Wildman–Crippen MR) is 79.7 cm³/mol. The number of benzene rings is 1. The average molecular weight is 257 g/mol. The number of nitrogens with zero attached hydrogens (tertiary/aromatic N) is 2. The number of likely N-dealkylation sites (N-methyl/N-ethyl adjacent to an activating group) is 1. The van der Waals surface area contributed by atoms with E-state index in [0.717, 1.165) is 25.6 Å². The van der Waals surface area contributed by atoms with E-state index in [2.05, 4.69) is 53.4 Å². The van der Waals surface area contributed by atoms with E-state index >= 15 is 0 Å². The molecule has 0 radical (unpaired) electrons. The first-order valence-electron chi connectivity index (χ1n) is 7.27. The number of guanidine groups is 1. The molecular formula is C16H23N3. The Bertz CT molecular complexity index is 495. The van der Waals surface area contributed by atoms with Crippen LogP contribution in [-0.4, -0.2) is 37.5 Å². The van der Waals surface area contributed by atoms with Crippen LogP contribution in [0.4, 0.5) is 0 Å². The quantitative estimate of drug-likeness (QED) is 0.879. The van der Waals surface area contributed by atoms with E-state index < -0.39 is 0 Å². The third-order valence-electron chi connectivity index (χ3n) is 4.54. The van der Waals surface area contributed by atoms with Gasteiger partial charge in [-0.15, -0.1) is 0 Å². The Morgan fingerprint density at radius 3 is 3.00 bits per heavy atom. The second-order valence-electron chi connectivity index (χ2n) is 6.05. The zero-order chi connectivity index (χ0) is 13.3. The first kappa shape index (κ1) is 12.5. The van der Waals surface area contributed by atoms with Crippen molar-refractivity contribution in [3.8, 4) is 0 Å². The molecule has 1 unspecified atom stereocenters. The lowest BCUT2D eigenvalue weighted by atomic mass is 9.71. The zero-order valence-corrected chi connectivity index (χ0v) is 11.9. The molecular weight excluding hydrogens is 234 g/mol. The Balaban J connectivity index is 1.77. The Labute approximate surface area is 115 Å². The van der Waals surface area contributed by atoms with Crippen LogP contribution in [0.5, 0.6) is 0 Å². The third-order valence-corrected chi connectivity index (χ3v) is 4.54. The lowest BCUT2D eigenvalue weighted by Crippen LogP contribution is -2.44. The summed E-state index contributed by atoms with van der Waals surface area (Å²) in [5.41, 5.74) is 3.29. The summed E-state index contributed by atoms with van der Waals surface area (Å²) in [7, 11) is 2.11. The molecule has 1 atom stereocenters. The van der Waals surface area contributed by atoms with Crippen molar-refractivity contribution in [2.45, 2.75) is 31.6 Å². The summed E-state index contributed by atoms with van der Waals surface area (Å²) in [6.07, 6.45) is 3.78. The van der Waals surface area contributed by atoms with E-state index in [9.17, 15) is 0 Å². The summed E-state index contributed by atoms with van der Waals surface area (Å²) in [4.78, 5) is 6.73. The molecule has 1 aromatic carbocycles. The van der Waals surface area contributed by atoms with Crippen LogP contribution < -0.4 is 5.32 Å². The van der Waals surface area contributed by atoms with Crippen molar-refractivity contribution in [3.05, 3.63) is 35.4 Å². The molecule has 1 aliphatic carbocycles. The van der Waals surface area contributed by atoms with Gasteiger partial charge in [-0.05, 0) is 30.4 Å². The van der Waals surface area contributed by atoms with Crippen LogP contribution in [-0.2, 0) is 11.8 Å². The van der Waals surface area contributed by atoms with Crippen LogP contribution >= 0.6 is 0 Å². The highest BCUT2D eigenvalue weighted by atomic mass is 15.3. The molecule has 3 nitrogen and oxygen atoms in total. The summed E-state index contributed by atoms with van der Waals surface area (Å²) in [5.74, 6) is 1.06. The topological polar surface area (TPSA) is 27.6 Å². The molecule has 1 aromatic rings. The maximum atomic E-state index is 4.52. The van der Waals surface area contributed by atoms with Crippen LogP contribution in [0.15, 0.2) is 29.3 Å². The second kappa shape index (κ2) is 4.87. The minimum absolute atomic E-state index is 0.237. The molecule has 0 amide bonds. The minimum Gasteiger partial charge on any atom is -0.355 e. The molecule has 1 aliphatic heterocycles.